The van der Waals surface area contributed by atoms with Crippen LogP contribution in [0.2, 0.25) is 5.02 Å². The summed E-state index contributed by atoms with van der Waals surface area (Å²) in [4.78, 5) is 12.1. The van der Waals surface area contributed by atoms with Gasteiger partial charge in [-0.1, -0.05) is 11.6 Å². The Morgan fingerprint density at radius 3 is 2.76 bits per heavy atom. The molecule has 3 N–H and O–H groups in total. The second-order valence-corrected chi connectivity index (χ2v) is 5.05. The van der Waals surface area contributed by atoms with Crippen LogP contribution in [-0.2, 0) is 11.3 Å². The molecule has 0 spiro atoms. The summed E-state index contributed by atoms with van der Waals surface area (Å²) in [7, 11) is 1.52. The third-order valence-corrected chi connectivity index (χ3v) is 3.48. The Bertz CT molecular complexity index is 682. The molecular weight excluding hydrogens is 292 g/mol. The maximum atomic E-state index is 12.1. The lowest BCUT2D eigenvalue weighted by Crippen LogP contribution is -2.20. The van der Waals surface area contributed by atoms with Crippen LogP contribution in [0.5, 0.6) is 5.75 Å². The van der Waals surface area contributed by atoms with Crippen molar-refractivity contribution in [3.8, 4) is 5.75 Å². The van der Waals surface area contributed by atoms with Crippen molar-refractivity contribution >= 4 is 28.9 Å². The van der Waals surface area contributed by atoms with E-state index in [1.807, 2.05) is 6.92 Å². The normalized spacial score (nSPS) is 10.5. The van der Waals surface area contributed by atoms with Crippen LogP contribution < -0.4 is 15.8 Å². The fraction of sp³-hybridized carbons (Fsp3) is 0.286. The van der Waals surface area contributed by atoms with Gasteiger partial charge in [-0.15, -0.1) is 0 Å². The molecule has 0 unspecified atom stereocenters. The summed E-state index contributed by atoms with van der Waals surface area (Å²) < 4.78 is 6.68. The number of aryl methyl sites for hydroxylation is 1. The highest BCUT2D eigenvalue weighted by Gasteiger charge is 2.12. The third kappa shape index (κ3) is 3.28. The van der Waals surface area contributed by atoms with Crippen molar-refractivity contribution in [3.05, 3.63) is 34.6 Å². The molecule has 0 aliphatic heterocycles. The average Bonchev–Trinajstić information content (AvgIpc) is 2.68. The molecular formula is C14H17ClN4O2. The van der Waals surface area contributed by atoms with Crippen LogP contribution >= 0.6 is 11.6 Å². The standard InChI is InChI=1S/C14H17ClN4O2/c1-8-14(16)9(2)19(18-8)7-13(20)17-10-4-5-11(15)12(6-10)21-3/h4-6H,7,16H2,1-3H3,(H,17,20). The molecule has 21 heavy (non-hydrogen) atoms. The van der Waals surface area contributed by atoms with Gasteiger partial charge in [-0.05, 0) is 26.0 Å². The number of anilines is 2. The molecule has 0 saturated heterocycles. The summed E-state index contributed by atoms with van der Waals surface area (Å²) >= 11 is 5.94. The first-order valence-corrected chi connectivity index (χ1v) is 6.73. The molecule has 2 rings (SSSR count). The average molecular weight is 309 g/mol. The van der Waals surface area contributed by atoms with Crippen LogP contribution in [0, 0.1) is 13.8 Å². The van der Waals surface area contributed by atoms with E-state index in [4.69, 9.17) is 22.1 Å². The topological polar surface area (TPSA) is 82.2 Å². The fourth-order valence-corrected chi connectivity index (χ4v) is 2.13. The Balaban J connectivity index is 2.10. The molecule has 2 aromatic rings. The molecule has 0 aliphatic rings. The number of methoxy groups -OCH3 is 1. The maximum Gasteiger partial charge on any atom is 0.246 e. The van der Waals surface area contributed by atoms with E-state index in [1.165, 1.54) is 7.11 Å². The number of amides is 1. The fourth-order valence-electron chi connectivity index (χ4n) is 1.94. The second-order valence-electron chi connectivity index (χ2n) is 4.64. The van der Waals surface area contributed by atoms with Gasteiger partial charge in [0.1, 0.15) is 12.3 Å². The highest BCUT2D eigenvalue weighted by molar-refractivity contribution is 6.32. The van der Waals surface area contributed by atoms with Gasteiger partial charge < -0.3 is 15.8 Å². The number of benzene rings is 1. The minimum Gasteiger partial charge on any atom is -0.495 e. The van der Waals surface area contributed by atoms with Crippen molar-refractivity contribution in [2.75, 3.05) is 18.2 Å². The Morgan fingerprint density at radius 1 is 1.48 bits per heavy atom. The van der Waals surface area contributed by atoms with Crippen LogP contribution in [-0.4, -0.2) is 22.8 Å². The summed E-state index contributed by atoms with van der Waals surface area (Å²) in [5.74, 6) is 0.301. The van der Waals surface area contributed by atoms with E-state index in [0.29, 0.717) is 27.8 Å². The maximum absolute atomic E-state index is 12.1. The first kappa shape index (κ1) is 15.2. The predicted molar refractivity (Wildman–Crippen MR) is 82.7 cm³/mol. The number of nitrogens with one attached hydrogen (secondary N) is 1. The number of rotatable bonds is 4. The molecule has 0 aliphatic carbocycles. The predicted octanol–water partition coefficient (Wildman–Crippen LogP) is 2.38. The SMILES string of the molecule is COc1cc(NC(=O)Cn2nc(C)c(N)c2C)ccc1Cl. The molecule has 1 heterocycles. The van der Waals surface area contributed by atoms with Crippen LogP contribution in [0.15, 0.2) is 18.2 Å². The largest absolute Gasteiger partial charge is 0.495 e. The van der Waals surface area contributed by atoms with Crippen molar-refractivity contribution in [1.29, 1.82) is 0 Å². The number of nitrogens with zero attached hydrogens (tertiary/aromatic N) is 2. The minimum absolute atomic E-state index is 0.0921. The Kier molecular flexibility index (Phi) is 4.37. The van der Waals surface area contributed by atoms with E-state index in [9.17, 15) is 4.79 Å². The molecule has 0 radical (unpaired) electrons. The number of hydrogen-bond donors (Lipinski definition) is 2. The monoisotopic (exact) mass is 308 g/mol. The van der Waals surface area contributed by atoms with E-state index in [2.05, 4.69) is 10.4 Å². The number of nitrogen functional groups attached to an aromatic ring is 1. The number of carbonyl (C=O) groups excluding carboxylic acids is 1. The van der Waals surface area contributed by atoms with E-state index in [1.54, 1.807) is 29.8 Å². The molecule has 1 aromatic carbocycles. The van der Waals surface area contributed by atoms with Crippen LogP contribution in [0.25, 0.3) is 0 Å². The second kappa shape index (κ2) is 6.05. The Labute approximate surface area is 127 Å². The van der Waals surface area contributed by atoms with Gasteiger partial charge in [0.25, 0.3) is 0 Å². The van der Waals surface area contributed by atoms with Gasteiger partial charge in [0.2, 0.25) is 5.91 Å². The van der Waals surface area contributed by atoms with Crippen LogP contribution in [0.1, 0.15) is 11.4 Å². The zero-order chi connectivity index (χ0) is 15.6. The van der Waals surface area contributed by atoms with Crippen molar-refractivity contribution in [2.24, 2.45) is 0 Å². The van der Waals surface area contributed by atoms with Gasteiger partial charge in [-0.25, -0.2) is 0 Å². The first-order chi connectivity index (χ1) is 9.92. The van der Waals surface area contributed by atoms with Crippen LogP contribution in [0.3, 0.4) is 0 Å². The van der Waals surface area contributed by atoms with Crippen molar-refractivity contribution in [1.82, 2.24) is 9.78 Å². The summed E-state index contributed by atoms with van der Waals surface area (Å²) in [6.45, 7) is 3.73. The lowest BCUT2D eigenvalue weighted by Gasteiger charge is -2.09. The van der Waals surface area contributed by atoms with Gasteiger partial charge in [0.05, 0.1) is 29.2 Å². The number of aromatic nitrogens is 2. The van der Waals surface area contributed by atoms with E-state index in [-0.39, 0.29) is 12.5 Å². The van der Waals surface area contributed by atoms with Crippen molar-refractivity contribution < 1.29 is 9.53 Å². The van der Waals surface area contributed by atoms with Gasteiger partial charge in [-0.3, -0.25) is 9.48 Å². The Morgan fingerprint density at radius 2 is 2.19 bits per heavy atom. The number of carbonyl (C=O) groups is 1. The van der Waals surface area contributed by atoms with E-state index in [0.717, 1.165) is 5.69 Å². The third-order valence-electron chi connectivity index (χ3n) is 3.17. The molecule has 0 atom stereocenters. The van der Waals surface area contributed by atoms with E-state index >= 15 is 0 Å². The quantitative estimate of drug-likeness (QED) is 0.908. The van der Waals surface area contributed by atoms with Crippen molar-refractivity contribution in [3.63, 3.8) is 0 Å². The number of nitrogens with two attached hydrogens (primary N) is 1. The molecule has 0 fully saturated rings. The molecule has 1 aromatic heterocycles. The molecule has 1 amide bonds. The van der Waals surface area contributed by atoms with Crippen molar-refractivity contribution in [2.45, 2.75) is 20.4 Å². The van der Waals surface area contributed by atoms with Gasteiger partial charge >= 0.3 is 0 Å². The van der Waals surface area contributed by atoms with Gasteiger partial charge in [0, 0.05) is 11.8 Å². The lowest BCUT2D eigenvalue weighted by atomic mass is 10.3. The molecule has 7 heteroatoms. The summed E-state index contributed by atoms with van der Waals surface area (Å²) in [6.07, 6.45) is 0. The molecule has 0 bridgehead atoms. The zero-order valence-corrected chi connectivity index (χ0v) is 12.9. The summed E-state index contributed by atoms with van der Waals surface area (Å²) in [5, 5.41) is 7.48. The van der Waals surface area contributed by atoms with Gasteiger partial charge in [0.15, 0.2) is 0 Å². The highest BCUT2D eigenvalue weighted by atomic mass is 35.5. The minimum atomic E-state index is -0.204. The molecule has 0 saturated carbocycles. The Hall–Kier alpha value is -2.21. The molecule has 112 valence electrons. The first-order valence-electron chi connectivity index (χ1n) is 6.35. The summed E-state index contributed by atoms with van der Waals surface area (Å²) in [6, 6.07) is 5.03. The van der Waals surface area contributed by atoms with Gasteiger partial charge in [-0.2, -0.15) is 5.10 Å². The smallest absolute Gasteiger partial charge is 0.246 e. The van der Waals surface area contributed by atoms with E-state index < -0.39 is 0 Å². The zero-order valence-electron chi connectivity index (χ0n) is 12.1. The lowest BCUT2D eigenvalue weighted by molar-refractivity contribution is -0.116. The number of ether oxygens (including phenoxy) is 1. The number of halogens is 1. The van der Waals surface area contributed by atoms with Crippen LogP contribution in [0.4, 0.5) is 11.4 Å². The number of hydrogen-bond acceptors (Lipinski definition) is 4. The summed E-state index contributed by atoms with van der Waals surface area (Å²) in [5.41, 5.74) is 8.54. The highest BCUT2D eigenvalue weighted by Crippen LogP contribution is 2.27. The molecule has 6 nitrogen and oxygen atoms in total.